The molecule has 0 unspecified atom stereocenters. The molecule has 0 spiro atoms. The van der Waals surface area contributed by atoms with Crippen LogP contribution in [0.4, 0.5) is 4.79 Å². The lowest BCUT2D eigenvalue weighted by atomic mass is 10.1. The van der Waals surface area contributed by atoms with Gasteiger partial charge in [0.25, 0.3) is 5.91 Å². The predicted octanol–water partition coefficient (Wildman–Crippen LogP) is 2.81. The molecule has 2 heterocycles. The van der Waals surface area contributed by atoms with E-state index in [4.69, 9.17) is 9.15 Å². The number of nitrogens with zero attached hydrogens (tertiary/aromatic N) is 1. The van der Waals surface area contributed by atoms with Gasteiger partial charge in [0.2, 0.25) is 0 Å². The van der Waals surface area contributed by atoms with Crippen molar-refractivity contribution in [2.75, 3.05) is 13.7 Å². The number of hydrogen-bond acceptors (Lipinski definition) is 5. The first-order chi connectivity index (χ1) is 12.5. The van der Waals surface area contributed by atoms with Gasteiger partial charge in [-0.2, -0.15) is 0 Å². The van der Waals surface area contributed by atoms with Crippen molar-refractivity contribution < 1.29 is 23.5 Å². The number of imide groups is 1. The van der Waals surface area contributed by atoms with Crippen LogP contribution in [0, 0.1) is 0 Å². The maximum atomic E-state index is 12.2. The summed E-state index contributed by atoms with van der Waals surface area (Å²) in [6.45, 7) is 3.64. The highest BCUT2D eigenvalue weighted by atomic mass is 16.5. The van der Waals surface area contributed by atoms with Crippen LogP contribution in [0.15, 0.2) is 59.2 Å². The van der Waals surface area contributed by atoms with Gasteiger partial charge in [-0.15, -0.1) is 6.58 Å². The summed E-state index contributed by atoms with van der Waals surface area (Å²) < 4.78 is 10.5. The van der Waals surface area contributed by atoms with Crippen LogP contribution in [-0.2, 0) is 9.53 Å². The molecular weight excluding hydrogens is 336 g/mol. The molecule has 1 fully saturated rings. The normalized spacial score (nSPS) is 15.3. The van der Waals surface area contributed by atoms with Crippen molar-refractivity contribution in [2.45, 2.75) is 0 Å². The van der Waals surface area contributed by atoms with E-state index >= 15 is 0 Å². The number of methoxy groups -OCH3 is 1. The van der Waals surface area contributed by atoms with Gasteiger partial charge in [0.1, 0.15) is 17.2 Å². The zero-order chi connectivity index (χ0) is 18.7. The topological polar surface area (TPSA) is 88.8 Å². The number of benzene rings is 1. The average Bonchev–Trinajstić information content (AvgIpc) is 3.22. The Morgan fingerprint density at radius 1 is 1.27 bits per heavy atom. The number of nitrogens with one attached hydrogen (secondary N) is 1. The Morgan fingerprint density at radius 3 is 2.77 bits per heavy atom. The van der Waals surface area contributed by atoms with E-state index in [2.05, 4.69) is 11.9 Å². The molecule has 0 atom stereocenters. The third-order valence-corrected chi connectivity index (χ3v) is 3.79. The van der Waals surface area contributed by atoms with Gasteiger partial charge in [-0.1, -0.05) is 24.3 Å². The Bertz CT molecular complexity index is 926. The van der Waals surface area contributed by atoms with Crippen molar-refractivity contribution in [3.63, 3.8) is 0 Å². The molecule has 0 saturated carbocycles. The second-order valence-corrected chi connectivity index (χ2v) is 5.43. The molecule has 0 radical (unpaired) electrons. The number of amides is 3. The van der Waals surface area contributed by atoms with E-state index in [9.17, 15) is 14.4 Å². The molecule has 0 aliphatic carbocycles. The fraction of sp³-hybridized carbons (Fsp3) is 0.105. The maximum absolute atomic E-state index is 12.2. The second kappa shape index (κ2) is 7.10. The highest BCUT2D eigenvalue weighted by molar-refractivity contribution is 6.14. The highest BCUT2D eigenvalue weighted by Gasteiger charge is 2.32. The Morgan fingerprint density at radius 2 is 2.04 bits per heavy atom. The molecule has 1 aliphatic heterocycles. The standard InChI is InChI=1S/C19H16N2O5/c1-3-10-21-17(22)15(20-19(21)24)11-12-8-9-16(26-12)13-6-4-5-7-14(13)18(23)25-2/h3-9,11H,1,10H2,2H3,(H,20,24)/b15-11+. The number of carbonyl (C=O) groups excluding carboxylic acids is 3. The number of furan rings is 1. The Kier molecular flexibility index (Phi) is 4.70. The number of rotatable bonds is 5. The lowest BCUT2D eigenvalue weighted by Gasteiger charge is -2.06. The van der Waals surface area contributed by atoms with Gasteiger partial charge >= 0.3 is 12.0 Å². The molecule has 1 saturated heterocycles. The van der Waals surface area contributed by atoms with Crippen LogP contribution in [0.25, 0.3) is 17.4 Å². The van der Waals surface area contributed by atoms with Gasteiger partial charge in [0, 0.05) is 18.2 Å². The number of esters is 1. The zero-order valence-electron chi connectivity index (χ0n) is 14.0. The van der Waals surface area contributed by atoms with Crippen LogP contribution in [0.3, 0.4) is 0 Å². The van der Waals surface area contributed by atoms with Gasteiger partial charge in [-0.3, -0.25) is 9.69 Å². The second-order valence-electron chi connectivity index (χ2n) is 5.43. The molecule has 0 bridgehead atoms. The van der Waals surface area contributed by atoms with Gasteiger partial charge in [-0.25, -0.2) is 9.59 Å². The van der Waals surface area contributed by atoms with Crippen molar-refractivity contribution in [2.24, 2.45) is 0 Å². The Labute approximate surface area is 149 Å². The van der Waals surface area contributed by atoms with Gasteiger partial charge in [0.15, 0.2) is 0 Å². The average molecular weight is 352 g/mol. The molecule has 1 aromatic carbocycles. The molecular formula is C19H16N2O5. The summed E-state index contributed by atoms with van der Waals surface area (Å²) in [5.41, 5.74) is 1.05. The predicted molar refractivity (Wildman–Crippen MR) is 93.9 cm³/mol. The lowest BCUT2D eigenvalue weighted by molar-refractivity contribution is -0.122. The van der Waals surface area contributed by atoms with E-state index in [1.54, 1.807) is 36.4 Å². The molecule has 132 valence electrons. The number of hydrogen-bond donors (Lipinski definition) is 1. The van der Waals surface area contributed by atoms with Gasteiger partial charge in [-0.05, 0) is 18.2 Å². The van der Waals surface area contributed by atoms with Crippen molar-refractivity contribution in [1.29, 1.82) is 0 Å². The largest absolute Gasteiger partial charge is 0.465 e. The summed E-state index contributed by atoms with van der Waals surface area (Å²) in [7, 11) is 1.31. The summed E-state index contributed by atoms with van der Waals surface area (Å²) in [5.74, 6) is -0.126. The highest BCUT2D eigenvalue weighted by Crippen LogP contribution is 2.27. The van der Waals surface area contributed by atoms with Crippen molar-refractivity contribution in [1.82, 2.24) is 10.2 Å². The van der Waals surface area contributed by atoms with Gasteiger partial charge in [0.05, 0.1) is 12.7 Å². The van der Waals surface area contributed by atoms with E-state index < -0.39 is 17.9 Å². The molecule has 7 nitrogen and oxygen atoms in total. The first kappa shape index (κ1) is 17.2. The molecule has 26 heavy (non-hydrogen) atoms. The summed E-state index contributed by atoms with van der Waals surface area (Å²) in [4.78, 5) is 36.9. The number of urea groups is 1. The Balaban J connectivity index is 1.90. The minimum Gasteiger partial charge on any atom is -0.465 e. The Hall–Kier alpha value is -3.61. The minimum atomic E-state index is -0.510. The summed E-state index contributed by atoms with van der Waals surface area (Å²) in [5, 5.41) is 2.49. The van der Waals surface area contributed by atoms with Crippen LogP contribution in [0.1, 0.15) is 16.1 Å². The SMILES string of the molecule is C=CCN1C(=O)N/C(=C/c2ccc(-c3ccccc3C(=O)OC)o2)C1=O. The molecule has 2 aromatic rings. The molecule has 7 heteroatoms. The number of carbonyl (C=O) groups is 3. The molecule has 1 aliphatic rings. The van der Waals surface area contributed by atoms with Crippen molar-refractivity contribution in [3.8, 4) is 11.3 Å². The van der Waals surface area contributed by atoms with Crippen LogP contribution < -0.4 is 5.32 Å². The van der Waals surface area contributed by atoms with E-state index in [0.717, 1.165) is 4.90 Å². The third kappa shape index (κ3) is 3.14. The third-order valence-electron chi connectivity index (χ3n) is 3.79. The fourth-order valence-corrected chi connectivity index (χ4v) is 2.57. The first-order valence-electron chi connectivity index (χ1n) is 7.78. The van der Waals surface area contributed by atoms with E-state index in [-0.39, 0.29) is 12.2 Å². The molecule has 1 aromatic heterocycles. The van der Waals surface area contributed by atoms with E-state index in [1.807, 2.05) is 0 Å². The quantitative estimate of drug-likeness (QED) is 0.387. The fourth-order valence-electron chi connectivity index (χ4n) is 2.57. The monoisotopic (exact) mass is 352 g/mol. The summed E-state index contributed by atoms with van der Waals surface area (Å²) in [6.07, 6.45) is 2.91. The molecule has 3 amide bonds. The molecule has 1 N–H and O–H groups in total. The van der Waals surface area contributed by atoms with Crippen molar-refractivity contribution in [3.05, 3.63) is 66.1 Å². The van der Waals surface area contributed by atoms with Crippen LogP contribution in [0.5, 0.6) is 0 Å². The van der Waals surface area contributed by atoms with Crippen molar-refractivity contribution >= 4 is 24.0 Å². The summed E-state index contributed by atoms with van der Waals surface area (Å²) >= 11 is 0. The van der Waals surface area contributed by atoms with Gasteiger partial charge < -0.3 is 14.5 Å². The molecule has 3 rings (SSSR count). The summed E-state index contributed by atoms with van der Waals surface area (Å²) in [6, 6.07) is 9.68. The maximum Gasteiger partial charge on any atom is 0.338 e. The smallest absolute Gasteiger partial charge is 0.338 e. The van der Waals surface area contributed by atoms with Crippen LogP contribution in [-0.4, -0.2) is 36.5 Å². The van der Waals surface area contributed by atoms with Crippen LogP contribution in [0.2, 0.25) is 0 Å². The minimum absolute atomic E-state index is 0.110. The first-order valence-corrected chi connectivity index (χ1v) is 7.78. The zero-order valence-corrected chi connectivity index (χ0v) is 14.0. The number of ether oxygens (including phenoxy) is 1. The van der Waals surface area contributed by atoms with E-state index in [0.29, 0.717) is 22.6 Å². The van der Waals surface area contributed by atoms with Crippen LogP contribution >= 0.6 is 0 Å². The lowest BCUT2D eigenvalue weighted by Crippen LogP contribution is -2.30. The van der Waals surface area contributed by atoms with E-state index in [1.165, 1.54) is 19.3 Å².